The Bertz CT molecular complexity index is 295. The van der Waals surface area contributed by atoms with Crippen molar-refractivity contribution in [1.82, 2.24) is 15.3 Å². The smallest absolute Gasteiger partial charge is 0.207 e. The van der Waals surface area contributed by atoms with Gasteiger partial charge in [-0.15, -0.1) is 10.2 Å². The summed E-state index contributed by atoms with van der Waals surface area (Å²) in [5, 5.41) is 19.1. The van der Waals surface area contributed by atoms with Crippen molar-refractivity contribution in [2.24, 2.45) is 0 Å². The van der Waals surface area contributed by atoms with Crippen LogP contribution in [0.5, 0.6) is 0 Å². The first kappa shape index (κ1) is 9.29. The molecule has 1 fully saturated rings. The van der Waals surface area contributed by atoms with E-state index in [1.54, 1.807) is 5.06 Å². The van der Waals surface area contributed by atoms with E-state index in [4.69, 9.17) is 21.5 Å². The Hall–Kier alpha value is -0.270. The van der Waals surface area contributed by atoms with Gasteiger partial charge in [0.2, 0.25) is 4.47 Å². The predicted molar refractivity (Wildman–Crippen MR) is 47.3 cm³/mol. The van der Waals surface area contributed by atoms with Gasteiger partial charge in [-0.2, -0.15) is 5.06 Å². The highest BCUT2D eigenvalue weighted by atomic mass is 35.5. The molecule has 1 aliphatic heterocycles. The fourth-order valence-electron chi connectivity index (χ4n) is 1.09. The van der Waals surface area contributed by atoms with Crippen LogP contribution in [-0.4, -0.2) is 39.6 Å². The van der Waals surface area contributed by atoms with E-state index >= 15 is 0 Å². The normalized spacial score (nSPS) is 24.0. The van der Waals surface area contributed by atoms with Crippen molar-refractivity contribution in [3.05, 3.63) is 9.47 Å². The monoisotopic (exact) mass is 221 g/mol. The largest absolute Gasteiger partial charge is 0.389 e. The van der Waals surface area contributed by atoms with Gasteiger partial charge >= 0.3 is 0 Å². The van der Waals surface area contributed by atoms with E-state index in [0.717, 1.165) is 5.01 Å². The third kappa shape index (κ3) is 2.35. The second-order valence-electron chi connectivity index (χ2n) is 2.72. The van der Waals surface area contributed by atoms with Gasteiger partial charge < -0.3 is 5.11 Å². The van der Waals surface area contributed by atoms with Gasteiger partial charge in [-0.3, -0.25) is 4.84 Å². The standard InChI is InChI=1S/C6H8ClN3O2S/c7-6-9-8-5(13-6)2-10-1-4(11)3-12-10/h4,11H,1-3H2. The number of rotatable bonds is 2. The summed E-state index contributed by atoms with van der Waals surface area (Å²) >= 11 is 6.93. The van der Waals surface area contributed by atoms with Crippen LogP contribution < -0.4 is 0 Å². The molecule has 0 aromatic carbocycles. The Balaban J connectivity index is 1.91. The zero-order chi connectivity index (χ0) is 9.26. The molecule has 7 heteroatoms. The molecule has 1 N–H and O–H groups in total. The zero-order valence-corrected chi connectivity index (χ0v) is 8.25. The van der Waals surface area contributed by atoms with Crippen LogP contribution in [-0.2, 0) is 11.4 Å². The van der Waals surface area contributed by atoms with Crippen molar-refractivity contribution in [3.63, 3.8) is 0 Å². The lowest BCUT2D eigenvalue weighted by atomic mass is 10.4. The highest BCUT2D eigenvalue weighted by molar-refractivity contribution is 7.15. The van der Waals surface area contributed by atoms with Crippen LogP contribution in [0.25, 0.3) is 0 Å². The molecule has 72 valence electrons. The predicted octanol–water partition coefficient (Wildman–Crippen LogP) is 0.300. The van der Waals surface area contributed by atoms with Crippen LogP contribution in [0.2, 0.25) is 4.47 Å². The zero-order valence-electron chi connectivity index (χ0n) is 6.68. The number of halogens is 1. The number of β-amino-alcohol motifs (C(OH)–C–C–N with tert-alkyl or cyclic N) is 1. The van der Waals surface area contributed by atoms with Crippen molar-refractivity contribution >= 4 is 22.9 Å². The molecule has 0 bridgehead atoms. The van der Waals surface area contributed by atoms with Crippen LogP contribution in [0.15, 0.2) is 0 Å². The Morgan fingerprint density at radius 3 is 3.08 bits per heavy atom. The lowest BCUT2D eigenvalue weighted by molar-refractivity contribution is -0.118. The second-order valence-corrected chi connectivity index (χ2v) is 4.37. The van der Waals surface area contributed by atoms with E-state index < -0.39 is 6.10 Å². The minimum absolute atomic E-state index is 0.354. The van der Waals surface area contributed by atoms with E-state index in [2.05, 4.69) is 10.2 Å². The summed E-state index contributed by atoms with van der Waals surface area (Å²) < 4.78 is 0.426. The Morgan fingerprint density at radius 1 is 1.69 bits per heavy atom. The first-order valence-electron chi connectivity index (χ1n) is 3.78. The van der Waals surface area contributed by atoms with Crippen molar-refractivity contribution in [2.45, 2.75) is 12.6 Å². The minimum atomic E-state index is -0.400. The summed E-state index contributed by atoms with van der Waals surface area (Å²) in [5.41, 5.74) is 0. The maximum Gasteiger partial charge on any atom is 0.207 e. The van der Waals surface area contributed by atoms with Crippen LogP contribution in [0, 0.1) is 0 Å². The molecule has 1 atom stereocenters. The molecule has 0 aliphatic carbocycles. The Kier molecular flexibility index (Phi) is 2.75. The van der Waals surface area contributed by atoms with E-state index in [1.165, 1.54) is 11.3 Å². The SMILES string of the molecule is OC1CON(Cc2nnc(Cl)s2)C1. The fraction of sp³-hybridized carbons (Fsp3) is 0.667. The average molecular weight is 222 g/mol. The first-order chi connectivity index (χ1) is 6.24. The molecule has 1 aromatic heterocycles. The number of aliphatic hydroxyl groups is 1. The lowest BCUT2D eigenvalue weighted by Gasteiger charge is -2.09. The molecule has 0 spiro atoms. The molecule has 0 amide bonds. The van der Waals surface area contributed by atoms with E-state index in [-0.39, 0.29) is 0 Å². The molecule has 1 aliphatic rings. The van der Waals surface area contributed by atoms with Gasteiger partial charge in [0.1, 0.15) is 5.01 Å². The van der Waals surface area contributed by atoms with Gasteiger partial charge in [-0.25, -0.2) is 0 Å². The first-order valence-corrected chi connectivity index (χ1v) is 4.97. The Morgan fingerprint density at radius 2 is 2.54 bits per heavy atom. The number of aliphatic hydroxyl groups excluding tert-OH is 1. The van der Waals surface area contributed by atoms with Gasteiger partial charge in [-0.05, 0) is 11.6 Å². The summed E-state index contributed by atoms with van der Waals surface area (Å²) in [6, 6.07) is 0. The van der Waals surface area contributed by atoms with Gasteiger partial charge in [0.25, 0.3) is 0 Å². The maximum atomic E-state index is 9.16. The quantitative estimate of drug-likeness (QED) is 0.779. The number of hydrogen-bond acceptors (Lipinski definition) is 6. The molecule has 1 saturated heterocycles. The van der Waals surface area contributed by atoms with Gasteiger partial charge in [0, 0.05) is 0 Å². The summed E-state index contributed by atoms with van der Waals surface area (Å²) in [5.74, 6) is 0. The average Bonchev–Trinajstić information content (AvgIpc) is 2.62. The summed E-state index contributed by atoms with van der Waals surface area (Å²) in [7, 11) is 0. The topological polar surface area (TPSA) is 58.5 Å². The summed E-state index contributed by atoms with van der Waals surface area (Å²) in [6.07, 6.45) is -0.400. The molecule has 1 unspecified atom stereocenters. The van der Waals surface area contributed by atoms with Gasteiger partial charge in [0.15, 0.2) is 0 Å². The molecular formula is C6H8ClN3O2S. The van der Waals surface area contributed by atoms with Crippen LogP contribution in [0.1, 0.15) is 5.01 Å². The molecule has 13 heavy (non-hydrogen) atoms. The third-order valence-corrected chi connectivity index (χ3v) is 2.62. The number of hydroxylamine groups is 2. The molecule has 1 aromatic rings. The van der Waals surface area contributed by atoms with Crippen LogP contribution in [0.4, 0.5) is 0 Å². The molecule has 0 radical (unpaired) electrons. The van der Waals surface area contributed by atoms with Crippen molar-refractivity contribution in [1.29, 1.82) is 0 Å². The molecular weight excluding hydrogens is 214 g/mol. The van der Waals surface area contributed by atoms with Crippen LogP contribution in [0.3, 0.4) is 0 Å². The van der Waals surface area contributed by atoms with Gasteiger partial charge in [-0.1, -0.05) is 11.3 Å². The van der Waals surface area contributed by atoms with E-state index in [1.807, 2.05) is 0 Å². The van der Waals surface area contributed by atoms with E-state index in [0.29, 0.717) is 24.2 Å². The fourth-order valence-corrected chi connectivity index (χ4v) is 1.96. The maximum absolute atomic E-state index is 9.16. The second kappa shape index (κ2) is 3.85. The highest BCUT2D eigenvalue weighted by Gasteiger charge is 2.22. The van der Waals surface area contributed by atoms with Crippen molar-refractivity contribution < 1.29 is 9.94 Å². The molecule has 2 heterocycles. The summed E-state index contributed by atoms with van der Waals surface area (Å²) in [4.78, 5) is 5.16. The highest BCUT2D eigenvalue weighted by Crippen LogP contribution is 2.18. The molecule has 0 saturated carbocycles. The summed E-state index contributed by atoms with van der Waals surface area (Å²) in [6.45, 7) is 1.39. The van der Waals surface area contributed by atoms with Crippen molar-refractivity contribution in [2.75, 3.05) is 13.2 Å². The third-order valence-electron chi connectivity index (χ3n) is 1.62. The van der Waals surface area contributed by atoms with Crippen molar-refractivity contribution in [3.8, 4) is 0 Å². The van der Waals surface area contributed by atoms with Gasteiger partial charge in [0.05, 0.1) is 25.8 Å². The number of hydrogen-bond donors (Lipinski definition) is 1. The van der Waals surface area contributed by atoms with E-state index in [9.17, 15) is 0 Å². The number of nitrogens with zero attached hydrogens (tertiary/aromatic N) is 3. The molecule has 5 nitrogen and oxygen atoms in total. The lowest BCUT2D eigenvalue weighted by Crippen LogP contribution is -2.20. The molecule has 2 rings (SSSR count). The Labute approximate surface area is 83.9 Å². The van der Waals surface area contributed by atoms with Crippen LogP contribution >= 0.6 is 22.9 Å². The number of aromatic nitrogens is 2. The minimum Gasteiger partial charge on any atom is -0.389 e.